The molecule has 2 aromatic carbocycles. The first kappa shape index (κ1) is 20.7. The van der Waals surface area contributed by atoms with Crippen molar-refractivity contribution in [1.82, 2.24) is 0 Å². The zero-order valence-corrected chi connectivity index (χ0v) is 18.8. The molecule has 1 heterocycles. The molecule has 28 heavy (non-hydrogen) atoms. The lowest BCUT2D eigenvalue weighted by molar-refractivity contribution is 0.0559. The molecule has 0 saturated heterocycles. The summed E-state index contributed by atoms with van der Waals surface area (Å²) in [5, 5.41) is 0. The van der Waals surface area contributed by atoms with Crippen molar-refractivity contribution in [1.29, 1.82) is 0 Å². The van der Waals surface area contributed by atoms with E-state index in [1.54, 1.807) is 7.11 Å². The molecule has 0 spiro atoms. The molecule has 0 fully saturated rings. The molecule has 1 unspecified atom stereocenters. The summed E-state index contributed by atoms with van der Waals surface area (Å²) in [4.78, 5) is 15.2. The third-order valence-corrected chi connectivity index (χ3v) is 5.38. The maximum Gasteiger partial charge on any atom is 0.415 e. The number of hydrogen-bond acceptors (Lipinski definition) is 3. The van der Waals surface area contributed by atoms with E-state index in [4.69, 9.17) is 9.47 Å². The van der Waals surface area contributed by atoms with Crippen LogP contribution in [0.25, 0.3) is 0 Å². The van der Waals surface area contributed by atoms with Crippen LogP contribution in [-0.2, 0) is 17.6 Å². The number of hydrogen-bond donors (Lipinski definition) is 0. The van der Waals surface area contributed by atoms with E-state index in [0.717, 1.165) is 46.3 Å². The van der Waals surface area contributed by atoms with Crippen LogP contribution in [0.4, 0.5) is 10.5 Å². The second-order valence-corrected chi connectivity index (χ2v) is 9.02. The SMILES string of the molecule is CCc1cc(Br)cc2c1N(C(=O)OC(C)(C)C)C(c1cccc(OC)c1)CC2. The Kier molecular flexibility index (Phi) is 6.04. The average Bonchev–Trinajstić information content (AvgIpc) is 2.64. The van der Waals surface area contributed by atoms with Gasteiger partial charge >= 0.3 is 6.09 Å². The van der Waals surface area contributed by atoms with Crippen molar-refractivity contribution >= 4 is 27.7 Å². The van der Waals surface area contributed by atoms with Crippen LogP contribution in [0, 0.1) is 0 Å². The Bertz CT molecular complexity index is 855. The van der Waals surface area contributed by atoms with Crippen LogP contribution in [0.15, 0.2) is 40.9 Å². The predicted octanol–water partition coefficient (Wildman–Crippen LogP) is 6.45. The summed E-state index contributed by atoms with van der Waals surface area (Å²) < 4.78 is 12.3. The van der Waals surface area contributed by atoms with E-state index in [2.05, 4.69) is 41.1 Å². The minimum absolute atomic E-state index is 0.0936. The van der Waals surface area contributed by atoms with E-state index >= 15 is 0 Å². The van der Waals surface area contributed by atoms with Crippen molar-refractivity contribution in [2.45, 2.75) is 58.6 Å². The molecule has 5 heteroatoms. The summed E-state index contributed by atoms with van der Waals surface area (Å²) in [5.74, 6) is 0.791. The predicted molar refractivity (Wildman–Crippen MR) is 116 cm³/mol. The highest BCUT2D eigenvalue weighted by atomic mass is 79.9. The van der Waals surface area contributed by atoms with Gasteiger partial charge in [0.25, 0.3) is 0 Å². The molecule has 150 valence electrons. The van der Waals surface area contributed by atoms with Crippen molar-refractivity contribution in [2.75, 3.05) is 12.0 Å². The molecule has 0 aliphatic carbocycles. The molecule has 1 amide bonds. The quantitative estimate of drug-likeness (QED) is 0.544. The largest absolute Gasteiger partial charge is 0.497 e. The summed E-state index contributed by atoms with van der Waals surface area (Å²) in [6.45, 7) is 7.82. The van der Waals surface area contributed by atoms with Crippen LogP contribution in [0.1, 0.15) is 56.8 Å². The third kappa shape index (κ3) is 4.35. The van der Waals surface area contributed by atoms with Crippen molar-refractivity contribution in [2.24, 2.45) is 0 Å². The van der Waals surface area contributed by atoms with Crippen molar-refractivity contribution in [3.05, 3.63) is 57.6 Å². The standard InChI is InChI=1S/C23H28BrNO3/c1-6-15-12-18(24)13-17-10-11-20(16-8-7-9-19(14-16)27-5)25(21(15)17)22(26)28-23(2,3)4/h7-9,12-14,20H,6,10-11H2,1-5H3. The molecule has 1 aliphatic heterocycles. The summed E-state index contributed by atoms with van der Waals surface area (Å²) in [6.07, 6.45) is 2.27. The van der Waals surface area contributed by atoms with E-state index < -0.39 is 5.60 Å². The Morgan fingerprint density at radius 2 is 2.00 bits per heavy atom. The lowest BCUT2D eigenvalue weighted by atomic mass is 9.89. The second kappa shape index (κ2) is 8.16. The van der Waals surface area contributed by atoms with Crippen LogP contribution in [0.3, 0.4) is 0 Å². The van der Waals surface area contributed by atoms with Gasteiger partial charge in [0.2, 0.25) is 0 Å². The Morgan fingerprint density at radius 1 is 1.25 bits per heavy atom. The van der Waals surface area contributed by atoms with E-state index in [1.165, 1.54) is 5.56 Å². The average molecular weight is 446 g/mol. The Morgan fingerprint density at radius 3 is 2.64 bits per heavy atom. The smallest absolute Gasteiger partial charge is 0.415 e. The van der Waals surface area contributed by atoms with Gasteiger partial charge < -0.3 is 9.47 Å². The summed E-state index contributed by atoms with van der Waals surface area (Å²) in [7, 11) is 1.66. The zero-order chi connectivity index (χ0) is 20.5. The number of carbonyl (C=O) groups excluding carboxylic acids is 1. The summed E-state index contributed by atoms with van der Waals surface area (Å²) >= 11 is 3.62. The highest BCUT2D eigenvalue weighted by Crippen LogP contribution is 2.43. The molecule has 2 aromatic rings. The molecule has 1 aliphatic rings. The van der Waals surface area contributed by atoms with Gasteiger partial charge in [0.15, 0.2) is 0 Å². The zero-order valence-electron chi connectivity index (χ0n) is 17.2. The molecule has 0 aromatic heterocycles. The number of amides is 1. The van der Waals surface area contributed by atoms with E-state index in [1.807, 2.05) is 43.9 Å². The molecule has 0 saturated carbocycles. The molecule has 0 radical (unpaired) electrons. The Hall–Kier alpha value is -2.01. The van der Waals surface area contributed by atoms with Crippen LogP contribution >= 0.6 is 15.9 Å². The minimum Gasteiger partial charge on any atom is -0.497 e. The first-order valence-electron chi connectivity index (χ1n) is 9.71. The van der Waals surface area contributed by atoms with Gasteiger partial charge in [-0.2, -0.15) is 0 Å². The molecule has 0 N–H and O–H groups in total. The molecule has 3 rings (SSSR count). The first-order valence-corrected chi connectivity index (χ1v) is 10.5. The lowest BCUT2D eigenvalue weighted by Crippen LogP contribution is -2.42. The van der Waals surface area contributed by atoms with Crippen molar-refractivity contribution < 1.29 is 14.3 Å². The monoisotopic (exact) mass is 445 g/mol. The van der Waals surface area contributed by atoms with Crippen LogP contribution in [-0.4, -0.2) is 18.8 Å². The summed E-state index contributed by atoms with van der Waals surface area (Å²) in [6, 6.07) is 12.1. The number of rotatable bonds is 3. The van der Waals surface area contributed by atoms with Crippen molar-refractivity contribution in [3.63, 3.8) is 0 Å². The van der Waals surface area contributed by atoms with Gasteiger partial charge in [-0.1, -0.05) is 35.0 Å². The Labute approximate surface area is 176 Å². The van der Waals surface area contributed by atoms with E-state index in [9.17, 15) is 4.79 Å². The fourth-order valence-electron chi connectivity index (χ4n) is 3.76. The van der Waals surface area contributed by atoms with Crippen molar-refractivity contribution in [3.8, 4) is 5.75 Å². The fourth-order valence-corrected chi connectivity index (χ4v) is 4.31. The first-order chi connectivity index (χ1) is 13.2. The number of nitrogens with zero attached hydrogens (tertiary/aromatic N) is 1. The van der Waals surface area contributed by atoms with Gasteiger partial charge in [-0.15, -0.1) is 0 Å². The summed E-state index contributed by atoms with van der Waals surface area (Å²) in [5.41, 5.74) is 3.80. The second-order valence-electron chi connectivity index (χ2n) is 8.11. The van der Waals surface area contributed by atoms with Gasteiger partial charge in [-0.05, 0) is 81.0 Å². The number of benzene rings is 2. The molecule has 4 nitrogen and oxygen atoms in total. The number of anilines is 1. The topological polar surface area (TPSA) is 38.8 Å². The highest BCUT2D eigenvalue weighted by Gasteiger charge is 2.36. The number of carbonyl (C=O) groups is 1. The number of ether oxygens (including phenoxy) is 2. The number of methoxy groups -OCH3 is 1. The fraction of sp³-hybridized carbons (Fsp3) is 0.435. The molecular formula is C23H28BrNO3. The van der Waals surface area contributed by atoms with Crippen LogP contribution in [0.2, 0.25) is 0 Å². The van der Waals surface area contributed by atoms with Gasteiger partial charge in [0.1, 0.15) is 11.4 Å². The maximum atomic E-state index is 13.3. The third-order valence-electron chi connectivity index (χ3n) is 4.92. The highest BCUT2D eigenvalue weighted by molar-refractivity contribution is 9.10. The van der Waals surface area contributed by atoms with Gasteiger partial charge in [0, 0.05) is 4.47 Å². The Balaban J connectivity index is 2.14. The van der Waals surface area contributed by atoms with E-state index in [0.29, 0.717) is 0 Å². The van der Waals surface area contributed by atoms with Crippen LogP contribution in [0.5, 0.6) is 5.75 Å². The van der Waals surface area contributed by atoms with Crippen LogP contribution < -0.4 is 9.64 Å². The van der Waals surface area contributed by atoms with Gasteiger partial charge in [-0.25, -0.2) is 4.79 Å². The van der Waals surface area contributed by atoms with Gasteiger partial charge in [-0.3, -0.25) is 4.90 Å². The minimum atomic E-state index is -0.560. The molecule has 1 atom stereocenters. The maximum absolute atomic E-state index is 13.3. The number of fused-ring (bicyclic) bond motifs is 1. The molecular weight excluding hydrogens is 418 g/mol. The molecule has 0 bridgehead atoms. The number of halogens is 1. The van der Waals surface area contributed by atoms with E-state index in [-0.39, 0.29) is 12.1 Å². The lowest BCUT2D eigenvalue weighted by Gasteiger charge is -2.39. The normalized spacial score (nSPS) is 16.5. The van der Waals surface area contributed by atoms with Gasteiger partial charge in [0.05, 0.1) is 18.8 Å². The number of aryl methyl sites for hydroxylation is 2.